The molecule has 22 heavy (non-hydrogen) atoms. The van der Waals surface area contributed by atoms with Gasteiger partial charge in [0.25, 0.3) is 0 Å². The molecule has 1 amide bonds. The average molecular weight is 318 g/mol. The smallest absolute Gasteiger partial charge is 0.408 e. The molecular formula is C17H13ClFNO2. The zero-order chi connectivity index (χ0) is 15.8. The zero-order valence-corrected chi connectivity index (χ0v) is 12.4. The van der Waals surface area contributed by atoms with Crippen molar-refractivity contribution in [1.82, 2.24) is 5.32 Å². The molecule has 0 atom stereocenters. The average Bonchev–Trinajstić information content (AvgIpc) is 2.54. The highest BCUT2D eigenvalue weighted by Crippen LogP contribution is 2.18. The lowest BCUT2D eigenvalue weighted by atomic mass is 10.2. The number of hydrogen-bond acceptors (Lipinski definition) is 2. The van der Waals surface area contributed by atoms with Gasteiger partial charge in [-0.15, -0.1) is 0 Å². The van der Waals surface area contributed by atoms with Crippen molar-refractivity contribution in [1.29, 1.82) is 0 Å². The zero-order valence-electron chi connectivity index (χ0n) is 11.6. The van der Waals surface area contributed by atoms with Crippen LogP contribution in [0.25, 0.3) is 0 Å². The van der Waals surface area contributed by atoms with Crippen LogP contribution in [0.3, 0.4) is 0 Å². The van der Waals surface area contributed by atoms with Crippen molar-refractivity contribution in [2.24, 2.45) is 0 Å². The first-order valence-corrected chi connectivity index (χ1v) is 6.92. The summed E-state index contributed by atoms with van der Waals surface area (Å²) in [5.41, 5.74) is 1.27. The highest BCUT2D eigenvalue weighted by molar-refractivity contribution is 6.31. The molecule has 0 saturated carbocycles. The number of benzene rings is 2. The Hall–Kier alpha value is -2.51. The second-order valence-corrected chi connectivity index (χ2v) is 4.70. The second kappa shape index (κ2) is 8.06. The van der Waals surface area contributed by atoms with Crippen LogP contribution in [-0.2, 0) is 11.3 Å². The molecule has 1 N–H and O–H groups in total. The molecule has 112 valence electrons. The van der Waals surface area contributed by atoms with Gasteiger partial charge in [-0.25, -0.2) is 9.18 Å². The van der Waals surface area contributed by atoms with E-state index in [0.717, 1.165) is 5.56 Å². The third-order valence-electron chi connectivity index (χ3n) is 2.71. The topological polar surface area (TPSA) is 38.3 Å². The molecule has 0 radical (unpaired) electrons. The van der Waals surface area contributed by atoms with Crippen molar-refractivity contribution in [3.05, 3.63) is 70.5 Å². The molecule has 0 aliphatic heterocycles. The summed E-state index contributed by atoms with van der Waals surface area (Å²) in [6.45, 7) is 0.274. The fraction of sp³-hybridized carbons (Fsp3) is 0.118. The Morgan fingerprint density at radius 2 is 1.95 bits per heavy atom. The van der Waals surface area contributed by atoms with E-state index in [2.05, 4.69) is 17.2 Å². The summed E-state index contributed by atoms with van der Waals surface area (Å²) >= 11 is 5.76. The number of rotatable bonds is 3. The van der Waals surface area contributed by atoms with Gasteiger partial charge in [0.15, 0.2) is 0 Å². The number of alkyl carbamates (subject to hydrolysis) is 1. The quantitative estimate of drug-likeness (QED) is 0.875. The molecule has 0 saturated heterocycles. The molecule has 0 aliphatic carbocycles. The monoisotopic (exact) mass is 317 g/mol. The van der Waals surface area contributed by atoms with Crippen LogP contribution < -0.4 is 5.32 Å². The van der Waals surface area contributed by atoms with Crippen LogP contribution in [0.15, 0.2) is 48.5 Å². The minimum atomic E-state index is -0.566. The van der Waals surface area contributed by atoms with Gasteiger partial charge in [-0.1, -0.05) is 59.8 Å². The SMILES string of the molecule is O=C(NCC#Cc1cccc(F)c1Cl)OCc1ccccc1. The minimum Gasteiger partial charge on any atom is -0.445 e. The van der Waals surface area contributed by atoms with E-state index in [1.807, 2.05) is 30.3 Å². The van der Waals surface area contributed by atoms with E-state index in [9.17, 15) is 9.18 Å². The standard InChI is InChI=1S/C17H13ClFNO2/c18-16-14(8-4-10-15(16)19)9-5-11-20-17(21)22-12-13-6-2-1-3-7-13/h1-4,6-8,10H,11-12H2,(H,20,21). The Kier molecular flexibility index (Phi) is 5.81. The summed E-state index contributed by atoms with van der Waals surface area (Å²) < 4.78 is 18.2. The van der Waals surface area contributed by atoms with Gasteiger partial charge in [-0.05, 0) is 17.7 Å². The van der Waals surface area contributed by atoms with Crippen LogP contribution in [0, 0.1) is 17.7 Å². The Labute approximate surface area is 133 Å². The molecule has 0 heterocycles. The van der Waals surface area contributed by atoms with E-state index in [-0.39, 0.29) is 18.2 Å². The highest BCUT2D eigenvalue weighted by atomic mass is 35.5. The van der Waals surface area contributed by atoms with E-state index in [1.165, 1.54) is 12.1 Å². The van der Waals surface area contributed by atoms with Crippen molar-refractivity contribution in [3.8, 4) is 11.8 Å². The first kappa shape index (κ1) is 15.9. The summed E-state index contributed by atoms with van der Waals surface area (Å²) in [5, 5.41) is 2.46. The van der Waals surface area contributed by atoms with Crippen molar-refractivity contribution in [3.63, 3.8) is 0 Å². The lowest BCUT2D eigenvalue weighted by molar-refractivity contribution is 0.141. The number of hydrogen-bond donors (Lipinski definition) is 1. The number of halogens is 2. The van der Waals surface area contributed by atoms with Gasteiger partial charge in [0.05, 0.1) is 11.6 Å². The van der Waals surface area contributed by atoms with Gasteiger partial charge in [-0.3, -0.25) is 0 Å². The van der Waals surface area contributed by atoms with Crippen LogP contribution in [-0.4, -0.2) is 12.6 Å². The van der Waals surface area contributed by atoms with Gasteiger partial charge >= 0.3 is 6.09 Å². The number of carbonyl (C=O) groups is 1. The number of carbonyl (C=O) groups excluding carboxylic acids is 1. The summed E-state index contributed by atoms with van der Waals surface area (Å²) in [6, 6.07) is 13.7. The first-order chi connectivity index (χ1) is 10.7. The van der Waals surface area contributed by atoms with Crippen LogP contribution in [0.2, 0.25) is 5.02 Å². The van der Waals surface area contributed by atoms with Gasteiger partial charge < -0.3 is 10.1 Å². The van der Waals surface area contributed by atoms with Gasteiger partial charge in [0, 0.05) is 5.56 Å². The van der Waals surface area contributed by atoms with Crippen LogP contribution in [0.1, 0.15) is 11.1 Å². The molecule has 0 bridgehead atoms. The third-order valence-corrected chi connectivity index (χ3v) is 3.09. The molecule has 3 nitrogen and oxygen atoms in total. The summed E-state index contributed by atoms with van der Waals surface area (Å²) in [7, 11) is 0. The van der Waals surface area contributed by atoms with Crippen molar-refractivity contribution in [2.45, 2.75) is 6.61 Å². The third kappa shape index (κ3) is 4.80. The number of ether oxygens (including phenoxy) is 1. The largest absolute Gasteiger partial charge is 0.445 e. The Bertz CT molecular complexity index is 708. The fourth-order valence-electron chi connectivity index (χ4n) is 1.63. The number of nitrogens with one attached hydrogen (secondary N) is 1. The van der Waals surface area contributed by atoms with E-state index < -0.39 is 11.9 Å². The fourth-order valence-corrected chi connectivity index (χ4v) is 1.80. The maximum Gasteiger partial charge on any atom is 0.408 e. The first-order valence-electron chi connectivity index (χ1n) is 6.54. The van der Waals surface area contributed by atoms with Gasteiger partial charge in [0.1, 0.15) is 12.4 Å². The van der Waals surface area contributed by atoms with Crippen molar-refractivity contribution < 1.29 is 13.9 Å². The molecule has 0 fully saturated rings. The molecule has 0 aromatic heterocycles. The van der Waals surface area contributed by atoms with Crippen LogP contribution in [0.4, 0.5) is 9.18 Å². The Balaban J connectivity index is 1.78. The lowest BCUT2D eigenvalue weighted by Gasteiger charge is -2.04. The summed E-state index contributed by atoms with van der Waals surface area (Å²) in [5.74, 6) is 4.85. The predicted octanol–water partition coefficient (Wildman–Crippen LogP) is 3.76. The van der Waals surface area contributed by atoms with E-state index in [1.54, 1.807) is 6.07 Å². The highest BCUT2D eigenvalue weighted by Gasteiger charge is 2.03. The molecule has 2 aromatic rings. The minimum absolute atomic E-state index is 0.0262. The predicted molar refractivity (Wildman–Crippen MR) is 82.9 cm³/mol. The summed E-state index contributed by atoms with van der Waals surface area (Å²) in [4.78, 5) is 11.5. The van der Waals surface area contributed by atoms with E-state index in [4.69, 9.17) is 16.3 Å². The Morgan fingerprint density at radius 1 is 1.18 bits per heavy atom. The molecule has 0 aliphatic rings. The molecular weight excluding hydrogens is 305 g/mol. The van der Waals surface area contributed by atoms with Crippen molar-refractivity contribution >= 4 is 17.7 Å². The molecule has 2 rings (SSSR count). The molecule has 2 aromatic carbocycles. The van der Waals surface area contributed by atoms with E-state index >= 15 is 0 Å². The maximum absolute atomic E-state index is 13.2. The Morgan fingerprint density at radius 3 is 2.73 bits per heavy atom. The molecule has 0 spiro atoms. The van der Waals surface area contributed by atoms with Gasteiger partial charge in [-0.2, -0.15) is 0 Å². The normalized spacial score (nSPS) is 9.55. The maximum atomic E-state index is 13.2. The van der Waals surface area contributed by atoms with E-state index in [0.29, 0.717) is 5.56 Å². The second-order valence-electron chi connectivity index (χ2n) is 4.32. The van der Waals surface area contributed by atoms with Crippen molar-refractivity contribution in [2.75, 3.05) is 6.54 Å². The van der Waals surface area contributed by atoms with Gasteiger partial charge in [0.2, 0.25) is 0 Å². The van der Waals surface area contributed by atoms with Crippen LogP contribution >= 0.6 is 11.6 Å². The number of amides is 1. The van der Waals surface area contributed by atoms with Crippen LogP contribution in [0.5, 0.6) is 0 Å². The molecule has 0 unspecified atom stereocenters. The summed E-state index contributed by atoms with van der Waals surface area (Å²) in [6.07, 6.45) is -0.566. The molecule has 5 heteroatoms. The lowest BCUT2D eigenvalue weighted by Crippen LogP contribution is -2.24.